The summed E-state index contributed by atoms with van der Waals surface area (Å²) in [5.41, 5.74) is -0.422. The fourth-order valence-electron chi connectivity index (χ4n) is 1.88. The number of ether oxygens (including phenoxy) is 1. The third kappa shape index (κ3) is 3.84. The number of nitrogens with one attached hydrogen (secondary N) is 1. The van der Waals surface area contributed by atoms with E-state index in [4.69, 9.17) is 4.74 Å². The summed E-state index contributed by atoms with van der Waals surface area (Å²) >= 11 is 0. The maximum atomic E-state index is 12.3. The molecule has 1 heterocycles. The van der Waals surface area contributed by atoms with Crippen LogP contribution < -0.4 is 10.1 Å². The molecule has 0 aliphatic carbocycles. The van der Waals surface area contributed by atoms with Gasteiger partial charge in [-0.2, -0.15) is 0 Å². The molecule has 1 amide bonds. The first-order valence-corrected chi connectivity index (χ1v) is 8.41. The summed E-state index contributed by atoms with van der Waals surface area (Å²) in [6, 6.07) is 6.05. The van der Waals surface area contributed by atoms with Gasteiger partial charge in [0.25, 0.3) is 11.6 Å². The molecule has 0 radical (unpaired) electrons. The van der Waals surface area contributed by atoms with Crippen LogP contribution in [-0.4, -0.2) is 37.6 Å². The van der Waals surface area contributed by atoms with Crippen LogP contribution in [-0.2, 0) is 9.84 Å². The van der Waals surface area contributed by atoms with Crippen molar-refractivity contribution in [1.29, 1.82) is 0 Å². The number of sulfone groups is 1. The Balaban J connectivity index is 2.45. The third-order valence-corrected chi connectivity index (χ3v) is 4.10. The van der Waals surface area contributed by atoms with E-state index in [0.717, 1.165) is 24.5 Å². The van der Waals surface area contributed by atoms with Gasteiger partial charge in [-0.3, -0.25) is 14.9 Å². The average molecular weight is 351 g/mol. The highest BCUT2D eigenvalue weighted by Crippen LogP contribution is 2.24. The number of hydrogen-bond acceptors (Lipinski definition) is 7. The first-order valence-electron chi connectivity index (χ1n) is 6.52. The van der Waals surface area contributed by atoms with Crippen molar-refractivity contribution in [1.82, 2.24) is 4.98 Å². The van der Waals surface area contributed by atoms with Crippen LogP contribution in [0, 0.1) is 10.1 Å². The zero-order valence-corrected chi connectivity index (χ0v) is 13.5. The first-order chi connectivity index (χ1) is 11.2. The van der Waals surface area contributed by atoms with Crippen LogP contribution in [0.4, 0.5) is 11.4 Å². The van der Waals surface area contributed by atoms with Crippen molar-refractivity contribution in [3.8, 4) is 5.88 Å². The lowest BCUT2D eigenvalue weighted by Gasteiger charge is -2.09. The minimum absolute atomic E-state index is 0.152. The van der Waals surface area contributed by atoms with Crippen molar-refractivity contribution < 1.29 is 22.9 Å². The normalized spacial score (nSPS) is 10.9. The molecule has 126 valence electrons. The SMILES string of the molecule is COc1ncccc1NC(=O)c1cc([N+](=O)[O-])cc(S(C)(=O)=O)c1. The molecule has 0 atom stereocenters. The van der Waals surface area contributed by atoms with Crippen molar-refractivity contribution >= 4 is 27.1 Å². The fraction of sp³-hybridized carbons (Fsp3) is 0.143. The number of carbonyl (C=O) groups excluding carboxylic acids is 1. The summed E-state index contributed by atoms with van der Waals surface area (Å²) < 4.78 is 28.3. The Morgan fingerprint density at radius 1 is 1.33 bits per heavy atom. The molecule has 1 N–H and O–H groups in total. The highest BCUT2D eigenvalue weighted by Gasteiger charge is 2.20. The summed E-state index contributed by atoms with van der Waals surface area (Å²) in [5.74, 6) is -0.575. The molecule has 2 rings (SSSR count). The van der Waals surface area contributed by atoms with Gasteiger partial charge >= 0.3 is 0 Å². The second kappa shape index (κ2) is 6.62. The zero-order chi connectivity index (χ0) is 17.9. The van der Waals surface area contributed by atoms with Gasteiger partial charge in [0.05, 0.1) is 16.9 Å². The van der Waals surface area contributed by atoms with E-state index in [1.807, 2.05) is 0 Å². The lowest BCUT2D eigenvalue weighted by atomic mass is 10.2. The van der Waals surface area contributed by atoms with Gasteiger partial charge in [0.1, 0.15) is 5.69 Å². The molecular weight excluding hydrogens is 338 g/mol. The monoisotopic (exact) mass is 351 g/mol. The molecule has 10 heteroatoms. The van der Waals surface area contributed by atoms with Crippen LogP contribution in [0.2, 0.25) is 0 Å². The van der Waals surface area contributed by atoms with Gasteiger partial charge in [-0.15, -0.1) is 0 Å². The Morgan fingerprint density at radius 3 is 2.62 bits per heavy atom. The minimum atomic E-state index is -3.72. The van der Waals surface area contributed by atoms with Gasteiger partial charge in [0, 0.05) is 30.1 Å². The van der Waals surface area contributed by atoms with Crippen LogP contribution in [0.15, 0.2) is 41.4 Å². The van der Waals surface area contributed by atoms with Crippen molar-refractivity contribution in [3.63, 3.8) is 0 Å². The Labute approximate surface area is 137 Å². The first kappa shape index (κ1) is 17.3. The second-order valence-electron chi connectivity index (χ2n) is 4.76. The quantitative estimate of drug-likeness (QED) is 0.640. The fourth-order valence-corrected chi connectivity index (χ4v) is 2.55. The maximum absolute atomic E-state index is 12.3. The van der Waals surface area contributed by atoms with E-state index >= 15 is 0 Å². The number of pyridine rings is 1. The zero-order valence-electron chi connectivity index (χ0n) is 12.7. The maximum Gasteiger partial charge on any atom is 0.271 e. The largest absolute Gasteiger partial charge is 0.480 e. The molecule has 0 fully saturated rings. The molecule has 9 nitrogen and oxygen atoms in total. The molecule has 0 bridgehead atoms. The van der Waals surface area contributed by atoms with E-state index in [1.54, 1.807) is 6.07 Å². The summed E-state index contributed by atoms with van der Waals surface area (Å²) in [4.78, 5) is 26.1. The highest BCUT2D eigenvalue weighted by atomic mass is 32.2. The molecular formula is C14H13N3O6S. The van der Waals surface area contributed by atoms with Crippen molar-refractivity contribution in [2.45, 2.75) is 4.90 Å². The van der Waals surface area contributed by atoms with E-state index in [-0.39, 0.29) is 22.0 Å². The predicted octanol–water partition coefficient (Wildman–Crippen LogP) is 1.65. The van der Waals surface area contributed by atoms with E-state index in [9.17, 15) is 23.3 Å². The molecule has 0 aliphatic rings. The molecule has 0 unspecified atom stereocenters. The number of anilines is 1. The van der Waals surface area contributed by atoms with Gasteiger partial charge in [0.2, 0.25) is 5.88 Å². The third-order valence-electron chi connectivity index (χ3n) is 3.01. The van der Waals surface area contributed by atoms with Gasteiger partial charge in [0.15, 0.2) is 9.84 Å². The van der Waals surface area contributed by atoms with E-state index < -0.39 is 26.4 Å². The number of methoxy groups -OCH3 is 1. The smallest absolute Gasteiger partial charge is 0.271 e. The lowest BCUT2D eigenvalue weighted by Crippen LogP contribution is -2.14. The van der Waals surface area contributed by atoms with Gasteiger partial charge in [-0.1, -0.05) is 0 Å². The summed E-state index contributed by atoms with van der Waals surface area (Å²) in [7, 11) is -2.35. The van der Waals surface area contributed by atoms with Gasteiger partial charge in [-0.05, 0) is 18.2 Å². The molecule has 1 aromatic heterocycles. The van der Waals surface area contributed by atoms with Crippen molar-refractivity contribution in [3.05, 3.63) is 52.2 Å². The Kier molecular flexibility index (Phi) is 4.79. The minimum Gasteiger partial charge on any atom is -0.480 e. The van der Waals surface area contributed by atoms with Crippen LogP contribution >= 0.6 is 0 Å². The van der Waals surface area contributed by atoms with Crippen LogP contribution in [0.1, 0.15) is 10.4 Å². The van der Waals surface area contributed by atoms with E-state index in [2.05, 4.69) is 10.3 Å². The standard InChI is InChI=1S/C14H13N3O6S/c1-23-14-12(4-3-5-15-14)16-13(18)9-6-10(17(19)20)8-11(7-9)24(2,21)22/h3-8H,1-2H3,(H,16,18). The molecule has 0 saturated heterocycles. The molecule has 24 heavy (non-hydrogen) atoms. The summed E-state index contributed by atoms with van der Waals surface area (Å²) in [5, 5.41) is 13.4. The summed E-state index contributed by atoms with van der Waals surface area (Å²) in [6.07, 6.45) is 2.36. The molecule has 0 aliphatic heterocycles. The van der Waals surface area contributed by atoms with Crippen LogP contribution in [0.3, 0.4) is 0 Å². The van der Waals surface area contributed by atoms with Crippen molar-refractivity contribution in [2.24, 2.45) is 0 Å². The molecule has 0 saturated carbocycles. The van der Waals surface area contributed by atoms with Crippen LogP contribution in [0.5, 0.6) is 5.88 Å². The van der Waals surface area contributed by atoms with Crippen LogP contribution in [0.25, 0.3) is 0 Å². The molecule has 2 aromatic rings. The topological polar surface area (TPSA) is 128 Å². The number of benzene rings is 1. The average Bonchev–Trinajstić information content (AvgIpc) is 2.54. The number of carbonyl (C=O) groups is 1. The number of aromatic nitrogens is 1. The number of hydrogen-bond donors (Lipinski definition) is 1. The molecule has 0 spiro atoms. The Bertz CT molecular complexity index is 910. The highest BCUT2D eigenvalue weighted by molar-refractivity contribution is 7.90. The van der Waals surface area contributed by atoms with Crippen molar-refractivity contribution in [2.75, 3.05) is 18.7 Å². The Hall–Kier alpha value is -3.01. The van der Waals surface area contributed by atoms with Gasteiger partial charge in [-0.25, -0.2) is 13.4 Å². The number of non-ortho nitro benzene ring substituents is 1. The lowest BCUT2D eigenvalue weighted by molar-refractivity contribution is -0.385. The number of nitro groups is 1. The molecule has 1 aromatic carbocycles. The van der Waals surface area contributed by atoms with Gasteiger partial charge < -0.3 is 10.1 Å². The predicted molar refractivity (Wildman–Crippen MR) is 84.9 cm³/mol. The van der Waals surface area contributed by atoms with E-state index in [1.165, 1.54) is 19.4 Å². The number of nitrogens with zero attached hydrogens (tertiary/aromatic N) is 2. The second-order valence-corrected chi connectivity index (χ2v) is 6.77. The summed E-state index contributed by atoms with van der Waals surface area (Å²) in [6.45, 7) is 0. The number of rotatable bonds is 5. The Morgan fingerprint density at radius 2 is 2.04 bits per heavy atom. The number of nitro benzene ring substituents is 1. The number of amides is 1. The van der Waals surface area contributed by atoms with E-state index in [0.29, 0.717) is 0 Å².